The fourth-order valence-electron chi connectivity index (χ4n) is 4.40. The van der Waals surface area contributed by atoms with Crippen molar-refractivity contribution in [2.75, 3.05) is 48.3 Å². The molecule has 33 heavy (non-hydrogen) atoms. The number of fused-ring (bicyclic) bond motifs is 1. The number of hydrogen-bond acceptors (Lipinski definition) is 11. The lowest BCUT2D eigenvalue weighted by Crippen LogP contribution is -2.54. The fourth-order valence-corrected chi connectivity index (χ4v) is 5.09. The molecule has 0 bridgehead atoms. The lowest BCUT2D eigenvalue weighted by atomic mass is 10.1. The van der Waals surface area contributed by atoms with Gasteiger partial charge >= 0.3 is 0 Å². The van der Waals surface area contributed by atoms with Crippen molar-refractivity contribution in [3.63, 3.8) is 0 Å². The number of rotatable bonds is 4. The Morgan fingerprint density at radius 2 is 2.03 bits per heavy atom. The van der Waals surface area contributed by atoms with Crippen LogP contribution in [0.2, 0.25) is 0 Å². The maximum atomic E-state index is 13.4. The molecular weight excluding hydrogens is 444 g/mol. The van der Waals surface area contributed by atoms with Gasteiger partial charge in [0.1, 0.15) is 6.04 Å². The van der Waals surface area contributed by atoms with E-state index in [9.17, 15) is 4.79 Å². The second kappa shape index (κ2) is 7.99. The summed E-state index contributed by atoms with van der Waals surface area (Å²) in [5.74, 6) is 1.88. The van der Waals surface area contributed by atoms with Crippen LogP contribution >= 0.6 is 11.3 Å². The van der Waals surface area contributed by atoms with Gasteiger partial charge in [-0.3, -0.25) is 4.79 Å². The Kier molecular flexibility index (Phi) is 4.82. The van der Waals surface area contributed by atoms with Crippen molar-refractivity contribution in [2.45, 2.75) is 18.9 Å². The first-order chi connectivity index (χ1) is 16.2. The van der Waals surface area contributed by atoms with E-state index in [2.05, 4.69) is 29.9 Å². The van der Waals surface area contributed by atoms with Gasteiger partial charge < -0.3 is 24.9 Å². The highest BCUT2D eigenvalue weighted by molar-refractivity contribution is 7.13. The fraction of sp³-hybridized carbons (Fsp3) is 0.400. The number of hydrogen-bond donors (Lipinski definition) is 1. The molecule has 0 spiro atoms. The highest BCUT2D eigenvalue weighted by Gasteiger charge is 2.37. The van der Waals surface area contributed by atoms with E-state index in [0.29, 0.717) is 42.9 Å². The van der Waals surface area contributed by atoms with E-state index in [4.69, 9.17) is 10.2 Å². The Labute approximate surface area is 192 Å². The predicted molar refractivity (Wildman–Crippen MR) is 122 cm³/mol. The van der Waals surface area contributed by atoms with E-state index in [1.165, 1.54) is 4.52 Å². The van der Waals surface area contributed by atoms with E-state index in [0.717, 1.165) is 31.1 Å². The molecule has 0 aromatic carbocycles. The van der Waals surface area contributed by atoms with Crippen LogP contribution in [0.3, 0.4) is 0 Å². The van der Waals surface area contributed by atoms with Gasteiger partial charge in [-0.15, -0.1) is 16.4 Å². The topological polar surface area (TPSA) is 135 Å². The Hall–Kier alpha value is -3.74. The van der Waals surface area contributed by atoms with Gasteiger partial charge in [0, 0.05) is 44.3 Å². The number of nitrogens with two attached hydrogens (primary N) is 1. The number of anilines is 3. The normalized spacial score (nSPS) is 19.0. The van der Waals surface area contributed by atoms with Crippen LogP contribution in [0, 0.1) is 0 Å². The quantitative estimate of drug-likeness (QED) is 0.466. The third kappa shape index (κ3) is 3.53. The maximum absolute atomic E-state index is 13.4. The van der Waals surface area contributed by atoms with Crippen LogP contribution in [0.5, 0.6) is 0 Å². The minimum atomic E-state index is -0.314. The van der Waals surface area contributed by atoms with Gasteiger partial charge in [0.15, 0.2) is 10.9 Å². The summed E-state index contributed by atoms with van der Waals surface area (Å²) in [6.07, 6.45) is 5.00. The van der Waals surface area contributed by atoms with Gasteiger partial charge in [-0.25, -0.2) is 4.98 Å². The van der Waals surface area contributed by atoms with E-state index in [1.54, 1.807) is 29.7 Å². The molecule has 13 heteroatoms. The second-order valence-corrected chi connectivity index (χ2v) is 8.86. The number of furan rings is 1. The number of piperazine rings is 1. The first kappa shape index (κ1) is 19.9. The molecule has 12 nitrogen and oxygen atoms in total. The van der Waals surface area contributed by atoms with Crippen LogP contribution in [-0.4, -0.2) is 79.1 Å². The summed E-state index contributed by atoms with van der Waals surface area (Å²) in [4.78, 5) is 37.3. The Morgan fingerprint density at radius 3 is 2.79 bits per heavy atom. The van der Waals surface area contributed by atoms with Crippen LogP contribution in [0.1, 0.15) is 12.8 Å². The molecular formula is C20H22N10O2S. The average molecular weight is 467 g/mol. The third-order valence-corrected chi connectivity index (χ3v) is 6.87. The molecule has 4 aromatic heterocycles. The Bertz CT molecular complexity index is 1260. The second-order valence-electron chi connectivity index (χ2n) is 7.98. The molecule has 2 fully saturated rings. The maximum Gasteiger partial charge on any atom is 0.259 e. The largest absolute Gasteiger partial charge is 0.461 e. The first-order valence-electron chi connectivity index (χ1n) is 10.8. The molecule has 170 valence electrons. The van der Waals surface area contributed by atoms with E-state index < -0.39 is 0 Å². The van der Waals surface area contributed by atoms with Crippen molar-refractivity contribution in [3.8, 4) is 11.6 Å². The molecule has 0 unspecified atom stereocenters. The molecule has 2 aliphatic rings. The van der Waals surface area contributed by atoms with Crippen LogP contribution in [0.25, 0.3) is 17.4 Å². The summed E-state index contributed by atoms with van der Waals surface area (Å²) in [7, 11) is 0. The molecule has 6 rings (SSSR count). The molecule has 0 radical (unpaired) electrons. The Balaban J connectivity index is 1.21. The highest BCUT2D eigenvalue weighted by atomic mass is 32.1. The van der Waals surface area contributed by atoms with Gasteiger partial charge in [0.25, 0.3) is 5.78 Å². The van der Waals surface area contributed by atoms with E-state index in [-0.39, 0.29) is 17.9 Å². The minimum Gasteiger partial charge on any atom is -0.461 e. The van der Waals surface area contributed by atoms with Gasteiger partial charge in [-0.1, -0.05) is 0 Å². The van der Waals surface area contributed by atoms with Crippen LogP contribution in [-0.2, 0) is 4.79 Å². The number of nitrogens with zero attached hydrogens (tertiary/aromatic N) is 9. The monoisotopic (exact) mass is 466 g/mol. The molecule has 1 amide bonds. The van der Waals surface area contributed by atoms with E-state index >= 15 is 0 Å². The Morgan fingerprint density at radius 1 is 1.15 bits per heavy atom. The van der Waals surface area contributed by atoms with Gasteiger partial charge in [0.05, 0.1) is 6.26 Å². The zero-order valence-corrected chi connectivity index (χ0v) is 18.6. The average Bonchev–Trinajstić information content (AvgIpc) is 3.64. The number of carbonyl (C=O) groups excluding carboxylic acids is 1. The number of amides is 1. The summed E-state index contributed by atoms with van der Waals surface area (Å²) < 4.78 is 6.75. The summed E-state index contributed by atoms with van der Waals surface area (Å²) in [6.45, 7) is 3.57. The number of thiazole rings is 1. The van der Waals surface area contributed by atoms with Crippen molar-refractivity contribution in [1.82, 2.24) is 34.4 Å². The molecule has 2 N–H and O–H groups in total. The van der Waals surface area contributed by atoms with Crippen molar-refractivity contribution >= 4 is 40.0 Å². The van der Waals surface area contributed by atoms with Gasteiger partial charge in [0.2, 0.25) is 23.6 Å². The molecule has 0 aliphatic carbocycles. The molecule has 0 saturated carbocycles. The zero-order chi connectivity index (χ0) is 22.4. The number of nitrogen functional groups attached to an aromatic ring is 1. The smallest absolute Gasteiger partial charge is 0.259 e. The van der Waals surface area contributed by atoms with Crippen LogP contribution < -0.4 is 15.5 Å². The summed E-state index contributed by atoms with van der Waals surface area (Å²) in [5, 5.41) is 7.31. The van der Waals surface area contributed by atoms with Crippen molar-refractivity contribution in [2.24, 2.45) is 0 Å². The minimum absolute atomic E-state index is 0.103. The molecule has 2 saturated heterocycles. The predicted octanol–water partition coefficient (Wildman–Crippen LogP) is 1.14. The number of carbonyl (C=O) groups is 1. The summed E-state index contributed by atoms with van der Waals surface area (Å²) in [6, 6.07) is 3.22. The van der Waals surface area contributed by atoms with Crippen molar-refractivity contribution in [1.29, 1.82) is 0 Å². The third-order valence-electron chi connectivity index (χ3n) is 6.04. The molecule has 6 heterocycles. The van der Waals surface area contributed by atoms with Crippen molar-refractivity contribution in [3.05, 3.63) is 30.0 Å². The zero-order valence-electron chi connectivity index (χ0n) is 17.7. The van der Waals surface area contributed by atoms with Gasteiger partial charge in [-0.05, 0) is 25.0 Å². The van der Waals surface area contributed by atoms with Crippen LogP contribution in [0.15, 0.2) is 34.4 Å². The number of aromatic nitrogens is 6. The lowest BCUT2D eigenvalue weighted by Gasteiger charge is -2.37. The summed E-state index contributed by atoms with van der Waals surface area (Å²) >= 11 is 1.62. The standard InChI is InChI=1S/C20H22N10O2S/c21-17-24-18(25-19-23-15(26-30(17)19)14-4-2-11-32-14)29-6-1-3-13(29)16(31)27-7-9-28(10-8-27)20-22-5-12-33-20/h2,4-5,11-13H,1,3,6-10H2,(H2,21,23,24,25,26)/t13-/m0/s1. The SMILES string of the molecule is Nc1nc(N2CCC[C@H]2C(=O)N2CCN(c3nccs3)CC2)nc2nc(-c3ccco3)nn12. The molecule has 2 aliphatic heterocycles. The first-order valence-corrected chi connectivity index (χ1v) is 11.7. The lowest BCUT2D eigenvalue weighted by molar-refractivity contribution is -0.132. The summed E-state index contributed by atoms with van der Waals surface area (Å²) in [5.41, 5.74) is 6.16. The highest BCUT2D eigenvalue weighted by Crippen LogP contribution is 2.27. The van der Waals surface area contributed by atoms with Crippen molar-refractivity contribution < 1.29 is 9.21 Å². The molecule has 1 atom stereocenters. The van der Waals surface area contributed by atoms with E-state index in [1.807, 2.05) is 21.4 Å². The molecule has 4 aromatic rings. The van der Waals surface area contributed by atoms with Gasteiger partial charge in [-0.2, -0.15) is 19.5 Å². The van der Waals surface area contributed by atoms with Crippen LogP contribution in [0.4, 0.5) is 17.0 Å².